The van der Waals surface area contributed by atoms with Gasteiger partial charge in [-0.3, -0.25) is 0 Å². The molecule has 2 unspecified atom stereocenters. The van der Waals surface area contributed by atoms with E-state index in [1.165, 1.54) is 12.8 Å². The molecule has 2 aliphatic rings. The number of aliphatic hydroxyl groups excluding tert-OH is 1. The van der Waals surface area contributed by atoms with Crippen LogP contribution in [0.4, 0.5) is 0 Å². The SMILES string of the molecule is O=[N+]([O-])O.O=[N+]([O-])OCC1CCCNC1.OCC1CCCNC1. The van der Waals surface area contributed by atoms with E-state index in [2.05, 4.69) is 15.5 Å². The molecule has 0 aromatic carbocycles. The van der Waals surface area contributed by atoms with Crippen LogP contribution in [-0.4, -0.2) is 59.9 Å². The Bertz CT molecular complexity index is 317. The van der Waals surface area contributed by atoms with Crippen molar-refractivity contribution < 1.29 is 25.3 Å². The standard InChI is InChI=1S/C6H12N2O3.C6H13NO.HNO3/c9-8(10)11-5-6-2-1-3-7-4-6;8-5-6-2-1-3-7-4-6;2-1(3)4/h6-7H,1-5H2;6-8H,1-5H2;(H,2,3,4). The van der Waals surface area contributed by atoms with Gasteiger partial charge >= 0.3 is 0 Å². The number of hydrogen-bond acceptors (Lipinski definition) is 8. The Morgan fingerprint density at radius 2 is 1.52 bits per heavy atom. The molecule has 2 heterocycles. The quantitative estimate of drug-likeness (QED) is 0.403. The molecule has 2 fully saturated rings. The van der Waals surface area contributed by atoms with Crippen LogP contribution < -0.4 is 10.6 Å². The van der Waals surface area contributed by atoms with Gasteiger partial charge in [-0.2, -0.15) is 0 Å². The average Bonchev–Trinajstić information content (AvgIpc) is 2.55. The molecule has 2 aliphatic heterocycles. The first-order valence-corrected chi connectivity index (χ1v) is 7.58. The van der Waals surface area contributed by atoms with Gasteiger partial charge in [-0.05, 0) is 57.2 Å². The highest BCUT2D eigenvalue weighted by Crippen LogP contribution is 2.09. The van der Waals surface area contributed by atoms with Crippen molar-refractivity contribution in [2.75, 3.05) is 39.4 Å². The topological polar surface area (TPSA) is 160 Å². The van der Waals surface area contributed by atoms with Crippen LogP contribution >= 0.6 is 0 Å². The fraction of sp³-hybridized carbons (Fsp3) is 1.00. The van der Waals surface area contributed by atoms with Crippen LogP contribution in [0.5, 0.6) is 0 Å². The second-order valence-corrected chi connectivity index (χ2v) is 5.36. The lowest BCUT2D eigenvalue weighted by Gasteiger charge is -2.21. The minimum atomic E-state index is -1.50. The van der Waals surface area contributed by atoms with Gasteiger partial charge in [-0.1, -0.05) is 0 Å². The highest BCUT2D eigenvalue weighted by Gasteiger charge is 2.13. The Kier molecular flexibility index (Phi) is 12.9. The highest BCUT2D eigenvalue weighted by atomic mass is 16.9. The molecule has 2 saturated heterocycles. The smallest absolute Gasteiger partial charge is 0.294 e. The van der Waals surface area contributed by atoms with Crippen LogP contribution in [0.15, 0.2) is 0 Å². The minimum absolute atomic E-state index is 0.236. The summed E-state index contributed by atoms with van der Waals surface area (Å²) in [4.78, 5) is 22.4. The zero-order valence-electron chi connectivity index (χ0n) is 13.1. The molecule has 11 heteroatoms. The molecule has 0 aromatic heterocycles. The fourth-order valence-electron chi connectivity index (χ4n) is 2.31. The first kappa shape index (κ1) is 21.3. The second-order valence-electron chi connectivity index (χ2n) is 5.36. The van der Waals surface area contributed by atoms with Crippen molar-refractivity contribution in [1.29, 1.82) is 0 Å². The van der Waals surface area contributed by atoms with E-state index in [4.69, 9.17) is 20.4 Å². The third-order valence-corrected chi connectivity index (χ3v) is 3.47. The van der Waals surface area contributed by atoms with E-state index >= 15 is 0 Å². The molecule has 0 amide bonds. The third kappa shape index (κ3) is 15.0. The average molecular weight is 338 g/mol. The summed E-state index contributed by atoms with van der Waals surface area (Å²) in [5.74, 6) is 0.845. The summed E-state index contributed by atoms with van der Waals surface area (Å²) >= 11 is 0. The van der Waals surface area contributed by atoms with Crippen molar-refractivity contribution in [3.05, 3.63) is 20.2 Å². The van der Waals surface area contributed by atoms with Gasteiger partial charge in [0.25, 0.3) is 10.2 Å². The fourth-order valence-corrected chi connectivity index (χ4v) is 2.31. The molecule has 0 aromatic rings. The molecule has 2 rings (SSSR count). The van der Waals surface area contributed by atoms with Gasteiger partial charge in [0.1, 0.15) is 6.61 Å². The van der Waals surface area contributed by atoms with Crippen LogP contribution in [0, 0.1) is 32.1 Å². The van der Waals surface area contributed by atoms with Crippen molar-refractivity contribution in [2.45, 2.75) is 25.7 Å². The molecule has 136 valence electrons. The summed E-state index contributed by atoms with van der Waals surface area (Å²) in [5.41, 5.74) is 0. The van der Waals surface area contributed by atoms with Crippen LogP contribution in [-0.2, 0) is 4.84 Å². The maximum Gasteiger partial charge on any atom is 0.294 e. The van der Waals surface area contributed by atoms with E-state index in [1.807, 2.05) is 0 Å². The zero-order chi connectivity index (χ0) is 17.5. The third-order valence-electron chi connectivity index (χ3n) is 3.47. The molecular weight excluding hydrogens is 312 g/mol. The molecule has 23 heavy (non-hydrogen) atoms. The minimum Gasteiger partial charge on any atom is -0.396 e. The zero-order valence-corrected chi connectivity index (χ0v) is 13.1. The van der Waals surface area contributed by atoms with Crippen molar-refractivity contribution >= 4 is 0 Å². The van der Waals surface area contributed by atoms with Crippen LogP contribution in [0.3, 0.4) is 0 Å². The summed E-state index contributed by atoms with van der Waals surface area (Å²) in [6.45, 7) is 4.60. The maximum atomic E-state index is 9.80. The van der Waals surface area contributed by atoms with Crippen molar-refractivity contribution in [3.8, 4) is 0 Å². The molecule has 0 saturated carbocycles. The van der Waals surface area contributed by atoms with E-state index < -0.39 is 10.2 Å². The number of hydrogen-bond donors (Lipinski definition) is 4. The number of aliphatic hydroxyl groups is 1. The molecule has 2 atom stereocenters. The lowest BCUT2D eigenvalue weighted by molar-refractivity contribution is -0.759. The molecule has 11 nitrogen and oxygen atoms in total. The largest absolute Gasteiger partial charge is 0.396 e. The van der Waals surface area contributed by atoms with Crippen molar-refractivity contribution in [1.82, 2.24) is 10.6 Å². The Labute approximate surface area is 134 Å². The van der Waals surface area contributed by atoms with Gasteiger partial charge in [0, 0.05) is 13.2 Å². The van der Waals surface area contributed by atoms with Gasteiger partial charge in [-0.15, -0.1) is 20.2 Å². The Morgan fingerprint density at radius 3 is 1.83 bits per heavy atom. The summed E-state index contributed by atoms with van der Waals surface area (Å²) in [6, 6.07) is 0. The normalized spacial score (nSPS) is 23.3. The Balaban J connectivity index is 0.000000354. The van der Waals surface area contributed by atoms with E-state index in [1.54, 1.807) is 0 Å². The molecule has 0 aliphatic carbocycles. The summed E-state index contributed by atoms with van der Waals surface area (Å²) in [5, 5.41) is 37.7. The predicted molar refractivity (Wildman–Crippen MR) is 80.0 cm³/mol. The van der Waals surface area contributed by atoms with E-state index in [0.29, 0.717) is 18.4 Å². The lowest BCUT2D eigenvalue weighted by Crippen LogP contribution is -2.32. The molecule has 0 radical (unpaired) electrons. The highest BCUT2D eigenvalue weighted by molar-refractivity contribution is 4.67. The molecule has 0 bridgehead atoms. The lowest BCUT2D eigenvalue weighted by atomic mass is 10.0. The van der Waals surface area contributed by atoms with Gasteiger partial charge in [0.05, 0.1) is 0 Å². The van der Waals surface area contributed by atoms with Crippen LogP contribution in [0.25, 0.3) is 0 Å². The Hall–Kier alpha value is -1.72. The van der Waals surface area contributed by atoms with E-state index in [9.17, 15) is 10.1 Å². The first-order chi connectivity index (χ1) is 11.0. The number of piperidine rings is 2. The second kappa shape index (κ2) is 13.9. The van der Waals surface area contributed by atoms with Crippen molar-refractivity contribution in [3.63, 3.8) is 0 Å². The van der Waals surface area contributed by atoms with E-state index in [-0.39, 0.29) is 6.61 Å². The van der Waals surface area contributed by atoms with Gasteiger partial charge in [0.2, 0.25) is 0 Å². The van der Waals surface area contributed by atoms with Crippen LogP contribution in [0.2, 0.25) is 0 Å². The van der Waals surface area contributed by atoms with Gasteiger partial charge < -0.3 is 25.8 Å². The summed E-state index contributed by atoms with van der Waals surface area (Å²) in [7, 11) is 0. The summed E-state index contributed by atoms with van der Waals surface area (Å²) in [6.07, 6.45) is 4.54. The van der Waals surface area contributed by atoms with Gasteiger partial charge in [-0.25, -0.2) is 0 Å². The molecular formula is C12H26N4O7. The Morgan fingerprint density at radius 1 is 1.04 bits per heavy atom. The van der Waals surface area contributed by atoms with Gasteiger partial charge in [0.15, 0.2) is 0 Å². The predicted octanol–water partition coefficient (Wildman–Crippen LogP) is -0.175. The molecule has 4 N–H and O–H groups in total. The van der Waals surface area contributed by atoms with Crippen molar-refractivity contribution in [2.24, 2.45) is 11.8 Å². The number of rotatable bonds is 4. The number of nitrogens with zero attached hydrogens (tertiary/aromatic N) is 2. The maximum absolute atomic E-state index is 9.80. The summed E-state index contributed by atoms with van der Waals surface area (Å²) < 4.78 is 0. The first-order valence-electron chi connectivity index (χ1n) is 7.58. The van der Waals surface area contributed by atoms with E-state index in [0.717, 1.165) is 39.0 Å². The monoisotopic (exact) mass is 338 g/mol. The number of nitrogens with one attached hydrogen (secondary N) is 2. The van der Waals surface area contributed by atoms with Crippen LogP contribution in [0.1, 0.15) is 25.7 Å². The molecule has 0 spiro atoms.